The number of methoxy groups -OCH3 is 1. The highest BCUT2D eigenvalue weighted by Gasteiger charge is 2.39. The van der Waals surface area contributed by atoms with Crippen LogP contribution in [0.1, 0.15) is 53.9 Å². The average molecular weight is 283 g/mol. The maximum atomic E-state index is 13.0. The Balaban J connectivity index is 2.82. The number of amides is 1. The fraction of sp³-hybridized carbons (Fsp3) is 0.941. The highest BCUT2D eigenvalue weighted by Crippen LogP contribution is 2.32. The second-order valence-corrected chi connectivity index (χ2v) is 6.77. The number of carbonyl (C=O) groups excluding carboxylic acids is 1. The van der Waals surface area contributed by atoms with Crippen LogP contribution in [0.3, 0.4) is 0 Å². The van der Waals surface area contributed by atoms with Crippen molar-refractivity contribution in [1.82, 2.24) is 4.90 Å². The third-order valence-corrected chi connectivity index (χ3v) is 4.92. The molecule has 0 N–H and O–H groups in total. The lowest BCUT2D eigenvalue weighted by atomic mass is 9.81. The standard InChI is InChI=1S/C17H33NO2/c1-7-13(5)16(12(3)4)17(19)18-10-14(11-20-6)9-15(18)8-2/h12-16H,7-11H2,1-6H3/t13?,14?,15-,16?/m1/s1. The zero-order valence-corrected chi connectivity index (χ0v) is 14.2. The van der Waals surface area contributed by atoms with E-state index >= 15 is 0 Å². The molecule has 1 heterocycles. The van der Waals surface area contributed by atoms with Crippen molar-refractivity contribution in [3.05, 3.63) is 0 Å². The van der Waals surface area contributed by atoms with Gasteiger partial charge < -0.3 is 9.64 Å². The van der Waals surface area contributed by atoms with Gasteiger partial charge in [0.05, 0.1) is 6.61 Å². The Bertz CT molecular complexity index is 303. The molecule has 1 aliphatic rings. The van der Waals surface area contributed by atoms with Crippen LogP contribution in [-0.2, 0) is 9.53 Å². The lowest BCUT2D eigenvalue weighted by Crippen LogP contribution is -2.43. The molecular weight excluding hydrogens is 250 g/mol. The Labute approximate surface area is 125 Å². The van der Waals surface area contributed by atoms with Crippen LogP contribution in [0.5, 0.6) is 0 Å². The van der Waals surface area contributed by atoms with E-state index in [1.165, 1.54) is 0 Å². The second-order valence-electron chi connectivity index (χ2n) is 6.77. The third kappa shape index (κ3) is 3.97. The molecule has 118 valence electrons. The minimum absolute atomic E-state index is 0.162. The number of carbonyl (C=O) groups is 1. The molecule has 1 amide bonds. The highest BCUT2D eigenvalue weighted by molar-refractivity contribution is 5.80. The molecule has 3 unspecified atom stereocenters. The number of likely N-dealkylation sites (tertiary alicyclic amines) is 1. The first kappa shape index (κ1) is 17.5. The Kier molecular flexibility index (Phi) is 7.01. The molecule has 0 aromatic rings. The van der Waals surface area contributed by atoms with E-state index in [4.69, 9.17) is 4.74 Å². The molecule has 0 radical (unpaired) electrons. The van der Waals surface area contributed by atoms with Gasteiger partial charge in [-0.3, -0.25) is 4.79 Å². The van der Waals surface area contributed by atoms with E-state index in [2.05, 4.69) is 39.5 Å². The van der Waals surface area contributed by atoms with Crippen molar-refractivity contribution >= 4 is 5.91 Å². The van der Waals surface area contributed by atoms with Gasteiger partial charge in [-0.15, -0.1) is 0 Å². The molecule has 1 fully saturated rings. The van der Waals surface area contributed by atoms with Crippen molar-refractivity contribution in [2.45, 2.75) is 59.9 Å². The Morgan fingerprint density at radius 2 is 1.95 bits per heavy atom. The Morgan fingerprint density at radius 1 is 1.30 bits per heavy atom. The van der Waals surface area contributed by atoms with E-state index in [9.17, 15) is 4.79 Å². The monoisotopic (exact) mass is 283 g/mol. The smallest absolute Gasteiger partial charge is 0.226 e. The van der Waals surface area contributed by atoms with E-state index in [0.29, 0.717) is 29.7 Å². The predicted molar refractivity (Wildman–Crippen MR) is 83.6 cm³/mol. The third-order valence-electron chi connectivity index (χ3n) is 4.92. The molecular formula is C17H33NO2. The van der Waals surface area contributed by atoms with Gasteiger partial charge >= 0.3 is 0 Å². The average Bonchev–Trinajstić information content (AvgIpc) is 2.81. The number of nitrogens with zero attached hydrogens (tertiary/aromatic N) is 1. The van der Waals surface area contributed by atoms with Crippen molar-refractivity contribution in [2.75, 3.05) is 20.3 Å². The van der Waals surface area contributed by atoms with Gasteiger partial charge in [0, 0.05) is 31.5 Å². The van der Waals surface area contributed by atoms with E-state index in [1.54, 1.807) is 7.11 Å². The molecule has 1 aliphatic heterocycles. The summed E-state index contributed by atoms with van der Waals surface area (Å²) in [6, 6.07) is 0.410. The molecule has 0 aliphatic carbocycles. The van der Waals surface area contributed by atoms with Crippen molar-refractivity contribution in [1.29, 1.82) is 0 Å². The lowest BCUT2D eigenvalue weighted by Gasteiger charge is -2.33. The molecule has 0 spiro atoms. The fourth-order valence-electron chi connectivity index (χ4n) is 3.66. The maximum Gasteiger partial charge on any atom is 0.226 e. The van der Waals surface area contributed by atoms with Gasteiger partial charge in [-0.1, -0.05) is 41.0 Å². The molecule has 4 atom stereocenters. The first-order valence-electron chi connectivity index (χ1n) is 8.25. The molecule has 0 bridgehead atoms. The van der Waals surface area contributed by atoms with E-state index < -0.39 is 0 Å². The van der Waals surface area contributed by atoms with Crippen LogP contribution in [0.4, 0.5) is 0 Å². The van der Waals surface area contributed by atoms with Gasteiger partial charge in [-0.25, -0.2) is 0 Å². The summed E-state index contributed by atoms with van der Waals surface area (Å²) in [5.74, 6) is 1.92. The molecule has 3 nitrogen and oxygen atoms in total. The summed E-state index contributed by atoms with van der Waals surface area (Å²) in [5.41, 5.74) is 0. The number of hydrogen-bond donors (Lipinski definition) is 0. The van der Waals surface area contributed by atoms with Gasteiger partial charge in [0.2, 0.25) is 5.91 Å². The summed E-state index contributed by atoms with van der Waals surface area (Å²) in [7, 11) is 1.75. The Morgan fingerprint density at radius 3 is 2.40 bits per heavy atom. The van der Waals surface area contributed by atoms with Crippen LogP contribution in [0.25, 0.3) is 0 Å². The predicted octanol–water partition coefficient (Wildman–Crippen LogP) is 3.58. The molecule has 0 aromatic carbocycles. The molecule has 20 heavy (non-hydrogen) atoms. The van der Waals surface area contributed by atoms with Crippen LogP contribution in [0, 0.1) is 23.7 Å². The number of hydrogen-bond acceptors (Lipinski definition) is 2. The van der Waals surface area contributed by atoms with Crippen molar-refractivity contribution < 1.29 is 9.53 Å². The molecule has 3 heteroatoms. The maximum absolute atomic E-state index is 13.0. The summed E-state index contributed by atoms with van der Waals surface area (Å²) < 4.78 is 5.29. The normalized spacial score (nSPS) is 26.1. The molecule has 1 rings (SSSR count). The van der Waals surface area contributed by atoms with Crippen molar-refractivity contribution in [3.63, 3.8) is 0 Å². The zero-order valence-electron chi connectivity index (χ0n) is 14.2. The van der Waals surface area contributed by atoms with Crippen LogP contribution >= 0.6 is 0 Å². The van der Waals surface area contributed by atoms with E-state index in [1.807, 2.05) is 0 Å². The summed E-state index contributed by atoms with van der Waals surface area (Å²) in [6.07, 6.45) is 3.22. The van der Waals surface area contributed by atoms with Gasteiger partial charge in [0.15, 0.2) is 0 Å². The minimum atomic E-state index is 0.162. The lowest BCUT2D eigenvalue weighted by molar-refractivity contribution is -0.140. The highest BCUT2D eigenvalue weighted by atomic mass is 16.5. The van der Waals surface area contributed by atoms with Crippen molar-refractivity contribution in [2.24, 2.45) is 23.7 Å². The molecule has 1 saturated heterocycles. The van der Waals surface area contributed by atoms with E-state index in [-0.39, 0.29) is 5.92 Å². The SMILES string of the molecule is CCC(C)C(C(=O)N1CC(COC)C[C@H]1CC)C(C)C. The van der Waals surface area contributed by atoms with Gasteiger partial charge in [-0.05, 0) is 24.7 Å². The largest absolute Gasteiger partial charge is 0.384 e. The van der Waals surface area contributed by atoms with Gasteiger partial charge in [-0.2, -0.15) is 0 Å². The summed E-state index contributed by atoms with van der Waals surface area (Å²) in [5, 5.41) is 0. The first-order valence-corrected chi connectivity index (χ1v) is 8.25. The molecule has 0 saturated carbocycles. The molecule has 0 aromatic heterocycles. The van der Waals surface area contributed by atoms with E-state index in [0.717, 1.165) is 32.4 Å². The van der Waals surface area contributed by atoms with Crippen LogP contribution in [0.15, 0.2) is 0 Å². The summed E-state index contributed by atoms with van der Waals surface area (Å²) >= 11 is 0. The van der Waals surface area contributed by atoms with Crippen LogP contribution in [0.2, 0.25) is 0 Å². The van der Waals surface area contributed by atoms with Gasteiger partial charge in [0.25, 0.3) is 0 Å². The number of rotatable bonds is 7. The quantitative estimate of drug-likeness (QED) is 0.715. The second kappa shape index (κ2) is 8.02. The minimum Gasteiger partial charge on any atom is -0.384 e. The summed E-state index contributed by atoms with van der Waals surface area (Å²) in [6.45, 7) is 12.6. The first-order chi connectivity index (χ1) is 9.46. The van der Waals surface area contributed by atoms with Gasteiger partial charge in [0.1, 0.15) is 0 Å². The topological polar surface area (TPSA) is 29.5 Å². The summed E-state index contributed by atoms with van der Waals surface area (Å²) in [4.78, 5) is 15.1. The number of ether oxygens (including phenoxy) is 1. The fourth-order valence-corrected chi connectivity index (χ4v) is 3.66. The van der Waals surface area contributed by atoms with Crippen LogP contribution in [-0.4, -0.2) is 37.1 Å². The van der Waals surface area contributed by atoms with Crippen LogP contribution < -0.4 is 0 Å². The zero-order chi connectivity index (χ0) is 15.3. The Hall–Kier alpha value is -0.570. The van der Waals surface area contributed by atoms with Crippen molar-refractivity contribution in [3.8, 4) is 0 Å².